The van der Waals surface area contributed by atoms with Crippen molar-refractivity contribution in [1.82, 2.24) is 29.9 Å². The first-order chi connectivity index (χ1) is 26.2. The second-order valence-electron chi connectivity index (χ2n) is 13.4. The topological polar surface area (TPSA) is 102 Å². The van der Waals surface area contributed by atoms with Crippen LogP contribution in [-0.4, -0.2) is 29.9 Å². The smallest absolute Gasteiger partial charge is 0.140 e. The van der Waals surface area contributed by atoms with Crippen LogP contribution in [0.3, 0.4) is 0 Å². The number of H-pyrrole nitrogens is 4. The minimum Gasteiger partial charge on any atom is -0.456 e. The standard InChI is InChI=1S/C46H30N6O/c1-3-11-27(12-4-1)41-43(51-45(49-41)35-25-47-37-17-9-7-15-31(35)37)29-19-21-33-34-22-20-30(24-40(34)53-39(33)23-29)44-42(28-13-5-2-6-14-28)50-46(52-44)36-26-48-38-18-10-8-16-32(36)38/h1-26,47-48H,(H,49,51)(H,50,52). The largest absolute Gasteiger partial charge is 0.456 e. The van der Waals surface area contributed by atoms with Crippen molar-refractivity contribution in [2.24, 2.45) is 0 Å². The second-order valence-corrected chi connectivity index (χ2v) is 13.4. The molecule has 0 unspecified atom stereocenters. The number of para-hydroxylation sites is 2. The molecule has 7 heteroatoms. The molecule has 0 aliphatic carbocycles. The normalized spacial score (nSPS) is 11.8. The highest BCUT2D eigenvalue weighted by molar-refractivity contribution is 6.07. The number of fused-ring (bicyclic) bond motifs is 5. The number of hydrogen-bond donors (Lipinski definition) is 4. The van der Waals surface area contributed by atoms with E-state index in [1.807, 2.05) is 36.7 Å². The molecule has 11 aromatic rings. The lowest BCUT2D eigenvalue weighted by Crippen LogP contribution is -1.84. The average molecular weight is 683 g/mol. The van der Waals surface area contributed by atoms with Crippen molar-refractivity contribution >= 4 is 43.7 Å². The van der Waals surface area contributed by atoms with Crippen molar-refractivity contribution in [3.63, 3.8) is 0 Å². The van der Waals surface area contributed by atoms with E-state index < -0.39 is 0 Å². The zero-order valence-electron chi connectivity index (χ0n) is 28.3. The van der Waals surface area contributed by atoms with E-state index in [-0.39, 0.29) is 0 Å². The van der Waals surface area contributed by atoms with E-state index in [0.29, 0.717) is 0 Å². The summed E-state index contributed by atoms with van der Waals surface area (Å²) in [6.07, 6.45) is 4.04. The molecular formula is C46H30N6O. The molecule has 0 aliphatic heterocycles. The SMILES string of the molecule is c1ccc(-c2[nH]c(-c3c[nH]c4ccccc34)nc2-c2ccc3c(c2)oc2cc(-c4nc(-c5c[nH]c6ccccc56)[nH]c4-c4ccccc4)ccc23)cc1. The summed E-state index contributed by atoms with van der Waals surface area (Å²) in [5.41, 5.74) is 13.5. The van der Waals surface area contributed by atoms with E-state index in [2.05, 4.69) is 141 Å². The van der Waals surface area contributed by atoms with Gasteiger partial charge in [0.15, 0.2) is 0 Å². The Kier molecular flexibility index (Phi) is 6.42. The van der Waals surface area contributed by atoms with Crippen molar-refractivity contribution in [3.8, 4) is 67.8 Å². The molecular weight excluding hydrogens is 653 g/mol. The number of nitrogens with one attached hydrogen (secondary N) is 4. The van der Waals surface area contributed by atoms with Gasteiger partial charge < -0.3 is 24.4 Å². The highest BCUT2D eigenvalue weighted by atomic mass is 16.3. The van der Waals surface area contributed by atoms with Crippen molar-refractivity contribution < 1.29 is 4.42 Å². The van der Waals surface area contributed by atoms with Gasteiger partial charge in [-0.1, -0.05) is 109 Å². The van der Waals surface area contributed by atoms with Gasteiger partial charge in [-0.3, -0.25) is 0 Å². The first-order valence-corrected chi connectivity index (χ1v) is 17.7. The first kappa shape index (κ1) is 29.4. The number of aromatic amines is 4. The number of imidazole rings is 2. The number of hydrogen-bond acceptors (Lipinski definition) is 3. The lowest BCUT2D eigenvalue weighted by molar-refractivity contribution is 0.669. The Morgan fingerprint density at radius 1 is 0.396 bits per heavy atom. The van der Waals surface area contributed by atoms with Crippen LogP contribution in [-0.2, 0) is 0 Å². The number of rotatable bonds is 6. The first-order valence-electron chi connectivity index (χ1n) is 17.7. The number of furan rings is 1. The monoisotopic (exact) mass is 682 g/mol. The molecule has 0 atom stereocenters. The molecule has 11 rings (SSSR count). The maximum absolute atomic E-state index is 6.66. The summed E-state index contributed by atoms with van der Waals surface area (Å²) < 4.78 is 6.66. The Balaban J connectivity index is 1.04. The van der Waals surface area contributed by atoms with Crippen molar-refractivity contribution in [2.45, 2.75) is 0 Å². The third-order valence-electron chi connectivity index (χ3n) is 10.2. The lowest BCUT2D eigenvalue weighted by Gasteiger charge is -2.03. The molecule has 0 bridgehead atoms. The molecule has 6 aromatic carbocycles. The van der Waals surface area contributed by atoms with Crippen molar-refractivity contribution in [1.29, 1.82) is 0 Å². The summed E-state index contributed by atoms with van der Waals surface area (Å²) in [5, 5.41) is 4.34. The lowest BCUT2D eigenvalue weighted by atomic mass is 10.0. The molecule has 7 nitrogen and oxygen atoms in total. The van der Waals surface area contributed by atoms with E-state index in [1.165, 1.54) is 0 Å². The summed E-state index contributed by atoms with van der Waals surface area (Å²) in [5.74, 6) is 1.62. The number of nitrogens with zero attached hydrogens (tertiary/aromatic N) is 2. The third-order valence-corrected chi connectivity index (χ3v) is 10.2. The van der Waals surface area contributed by atoms with Gasteiger partial charge in [-0.25, -0.2) is 9.97 Å². The molecule has 53 heavy (non-hydrogen) atoms. The highest BCUT2D eigenvalue weighted by Crippen LogP contribution is 2.41. The predicted octanol–water partition coefficient (Wildman–Crippen LogP) is 12.0. The molecule has 0 saturated heterocycles. The summed E-state index contributed by atoms with van der Waals surface area (Å²) in [6, 6.07) is 50.1. The number of aromatic nitrogens is 6. The average Bonchev–Trinajstić information content (AvgIpc) is 4.06. The molecule has 0 radical (unpaired) electrons. The van der Waals surface area contributed by atoms with Crippen LogP contribution >= 0.6 is 0 Å². The van der Waals surface area contributed by atoms with E-state index >= 15 is 0 Å². The van der Waals surface area contributed by atoms with Gasteiger partial charge in [0.05, 0.1) is 22.8 Å². The maximum Gasteiger partial charge on any atom is 0.140 e. The van der Waals surface area contributed by atoms with E-state index in [0.717, 1.165) is 112 Å². The van der Waals surface area contributed by atoms with Crippen LogP contribution in [0, 0.1) is 0 Å². The molecule has 4 N–H and O–H groups in total. The molecule has 0 aliphatic rings. The molecule has 0 spiro atoms. The van der Waals surface area contributed by atoms with E-state index in [9.17, 15) is 0 Å². The Bertz CT molecular complexity index is 2910. The molecule has 5 aromatic heterocycles. The summed E-state index contributed by atoms with van der Waals surface area (Å²) >= 11 is 0. The predicted molar refractivity (Wildman–Crippen MR) is 214 cm³/mol. The van der Waals surface area contributed by atoms with Gasteiger partial charge in [0.2, 0.25) is 0 Å². The van der Waals surface area contributed by atoms with Crippen LogP contribution in [0.4, 0.5) is 0 Å². The van der Waals surface area contributed by atoms with Crippen LogP contribution in [0.25, 0.3) is 112 Å². The summed E-state index contributed by atoms with van der Waals surface area (Å²) in [7, 11) is 0. The van der Waals surface area contributed by atoms with Crippen LogP contribution in [0.5, 0.6) is 0 Å². The Morgan fingerprint density at radius 3 is 1.30 bits per heavy atom. The van der Waals surface area contributed by atoms with Gasteiger partial charge in [-0.05, 0) is 36.4 Å². The third kappa shape index (κ3) is 4.75. The molecule has 250 valence electrons. The summed E-state index contributed by atoms with van der Waals surface area (Å²) in [4.78, 5) is 24.5. The molecule has 0 saturated carbocycles. The fourth-order valence-electron chi connectivity index (χ4n) is 7.65. The van der Waals surface area contributed by atoms with Crippen LogP contribution in [0.15, 0.2) is 162 Å². The van der Waals surface area contributed by atoms with Gasteiger partial charge in [-0.15, -0.1) is 0 Å². The zero-order chi connectivity index (χ0) is 34.9. The fourth-order valence-corrected chi connectivity index (χ4v) is 7.65. The Hall–Kier alpha value is -7.38. The van der Waals surface area contributed by atoms with E-state index in [4.69, 9.17) is 14.4 Å². The minimum atomic E-state index is 0.801. The van der Waals surface area contributed by atoms with Crippen LogP contribution < -0.4 is 0 Å². The van der Waals surface area contributed by atoms with Gasteiger partial charge >= 0.3 is 0 Å². The van der Waals surface area contributed by atoms with Crippen molar-refractivity contribution in [3.05, 3.63) is 158 Å². The molecule has 0 amide bonds. The Labute approximate surface area is 303 Å². The highest BCUT2D eigenvalue weighted by Gasteiger charge is 2.21. The fraction of sp³-hybridized carbons (Fsp3) is 0. The van der Waals surface area contributed by atoms with Gasteiger partial charge in [0.25, 0.3) is 0 Å². The van der Waals surface area contributed by atoms with Crippen molar-refractivity contribution in [2.75, 3.05) is 0 Å². The van der Waals surface area contributed by atoms with Crippen LogP contribution in [0.1, 0.15) is 0 Å². The van der Waals surface area contributed by atoms with Gasteiger partial charge in [0.1, 0.15) is 22.8 Å². The Morgan fingerprint density at radius 2 is 0.830 bits per heavy atom. The van der Waals surface area contributed by atoms with E-state index in [1.54, 1.807) is 0 Å². The minimum absolute atomic E-state index is 0.801. The van der Waals surface area contributed by atoms with Gasteiger partial charge in [0, 0.05) is 78.4 Å². The molecule has 5 heterocycles. The number of benzene rings is 6. The second kappa shape index (κ2) is 11.6. The zero-order valence-corrected chi connectivity index (χ0v) is 28.3. The van der Waals surface area contributed by atoms with Gasteiger partial charge in [-0.2, -0.15) is 0 Å². The maximum atomic E-state index is 6.66. The quantitative estimate of drug-likeness (QED) is 0.140. The van der Waals surface area contributed by atoms with Crippen LogP contribution in [0.2, 0.25) is 0 Å². The molecule has 0 fully saturated rings. The summed E-state index contributed by atoms with van der Waals surface area (Å²) in [6.45, 7) is 0.